The first-order valence-corrected chi connectivity index (χ1v) is 11.6. The monoisotopic (exact) mass is 568 g/mol. The highest BCUT2D eigenvalue weighted by Crippen LogP contribution is 2.26. The van der Waals surface area contributed by atoms with Gasteiger partial charge >= 0.3 is 0 Å². The predicted molar refractivity (Wildman–Crippen MR) is 140 cm³/mol. The number of guanidine groups is 1. The fourth-order valence-electron chi connectivity index (χ4n) is 4.25. The van der Waals surface area contributed by atoms with Crippen molar-refractivity contribution in [1.82, 2.24) is 15.5 Å². The Morgan fingerprint density at radius 2 is 1.88 bits per heavy atom. The lowest BCUT2D eigenvalue weighted by Crippen LogP contribution is -2.42. The van der Waals surface area contributed by atoms with Crippen molar-refractivity contribution < 1.29 is 13.9 Å². The highest BCUT2D eigenvalue weighted by molar-refractivity contribution is 14.0. The first-order chi connectivity index (χ1) is 15.7. The summed E-state index contributed by atoms with van der Waals surface area (Å²) in [6.07, 6.45) is 1.91. The van der Waals surface area contributed by atoms with Gasteiger partial charge in [0.05, 0.1) is 32.4 Å². The molecule has 2 N–H and O–H groups in total. The van der Waals surface area contributed by atoms with E-state index in [4.69, 9.17) is 14.5 Å². The largest absolute Gasteiger partial charge is 0.493 e. The van der Waals surface area contributed by atoms with Crippen LogP contribution >= 0.6 is 24.0 Å². The molecule has 0 radical (unpaired) electrons. The van der Waals surface area contributed by atoms with Crippen molar-refractivity contribution in [2.24, 2.45) is 4.99 Å². The van der Waals surface area contributed by atoms with E-state index in [0.717, 1.165) is 62.9 Å². The van der Waals surface area contributed by atoms with Gasteiger partial charge in [-0.1, -0.05) is 24.3 Å². The number of nitrogens with zero attached hydrogens (tertiary/aromatic N) is 2. The van der Waals surface area contributed by atoms with Crippen LogP contribution in [0.3, 0.4) is 0 Å². The molecule has 0 aromatic heterocycles. The van der Waals surface area contributed by atoms with E-state index in [1.807, 2.05) is 12.1 Å². The van der Waals surface area contributed by atoms with Crippen LogP contribution in [0.5, 0.6) is 5.75 Å². The number of halogens is 2. The molecule has 0 saturated carbocycles. The van der Waals surface area contributed by atoms with Crippen molar-refractivity contribution >= 4 is 29.9 Å². The third kappa shape index (κ3) is 7.28. The fourth-order valence-corrected chi connectivity index (χ4v) is 4.25. The van der Waals surface area contributed by atoms with E-state index < -0.39 is 0 Å². The number of rotatable bonds is 8. The van der Waals surface area contributed by atoms with Gasteiger partial charge in [-0.25, -0.2) is 4.39 Å². The van der Waals surface area contributed by atoms with Crippen LogP contribution in [-0.2, 0) is 17.6 Å². The van der Waals surface area contributed by atoms with Gasteiger partial charge in [-0.05, 0) is 48.2 Å². The molecule has 1 saturated heterocycles. The van der Waals surface area contributed by atoms with Crippen LogP contribution in [0.4, 0.5) is 4.39 Å². The second kappa shape index (κ2) is 13.1. The number of aliphatic imine (C=N–C) groups is 1. The Bertz CT molecular complexity index is 904. The molecule has 180 valence electrons. The standard InChI is InChI=1S/C25H33FN4O2.HI/c1-2-27-25(28-11-9-19-3-8-24-21(17-19)10-14-32-24)29-18-23(30-12-15-31-16-13-30)20-4-6-22(26)7-5-20;/h3-8,17,23H,2,9-16,18H2,1H3,(H2,27,28,29);1H. The summed E-state index contributed by atoms with van der Waals surface area (Å²) in [6.45, 7) is 8.16. The van der Waals surface area contributed by atoms with E-state index in [9.17, 15) is 4.39 Å². The van der Waals surface area contributed by atoms with Crippen molar-refractivity contribution in [2.75, 3.05) is 52.5 Å². The van der Waals surface area contributed by atoms with Crippen LogP contribution in [-0.4, -0.2) is 63.4 Å². The molecule has 2 heterocycles. The van der Waals surface area contributed by atoms with Crippen molar-refractivity contribution in [3.8, 4) is 5.75 Å². The second-order valence-corrected chi connectivity index (χ2v) is 8.15. The van der Waals surface area contributed by atoms with E-state index in [-0.39, 0.29) is 35.8 Å². The maximum absolute atomic E-state index is 13.5. The Morgan fingerprint density at radius 3 is 2.64 bits per heavy atom. The smallest absolute Gasteiger partial charge is 0.191 e. The first kappa shape index (κ1) is 25.7. The maximum atomic E-state index is 13.5. The second-order valence-electron chi connectivity index (χ2n) is 8.15. The van der Waals surface area contributed by atoms with Crippen LogP contribution in [0.1, 0.15) is 29.7 Å². The molecule has 1 unspecified atom stereocenters. The molecule has 2 aliphatic heterocycles. The molecule has 6 nitrogen and oxygen atoms in total. The first-order valence-electron chi connectivity index (χ1n) is 11.6. The van der Waals surface area contributed by atoms with Crippen LogP contribution in [0, 0.1) is 5.82 Å². The lowest BCUT2D eigenvalue weighted by Gasteiger charge is -2.34. The molecule has 0 bridgehead atoms. The van der Waals surface area contributed by atoms with Gasteiger partial charge in [0.15, 0.2) is 5.96 Å². The molecule has 8 heteroatoms. The SMILES string of the molecule is CCNC(=NCC(c1ccc(F)cc1)N1CCOCC1)NCCc1ccc2c(c1)CCO2.I. The van der Waals surface area contributed by atoms with Gasteiger partial charge in [0.25, 0.3) is 0 Å². The molecule has 2 aliphatic rings. The summed E-state index contributed by atoms with van der Waals surface area (Å²) < 4.78 is 24.6. The number of benzene rings is 2. The molecule has 0 aliphatic carbocycles. The summed E-state index contributed by atoms with van der Waals surface area (Å²) in [7, 11) is 0. The Labute approximate surface area is 213 Å². The van der Waals surface area contributed by atoms with E-state index >= 15 is 0 Å². The number of hydrogen-bond donors (Lipinski definition) is 2. The van der Waals surface area contributed by atoms with Crippen LogP contribution in [0.25, 0.3) is 0 Å². The zero-order chi connectivity index (χ0) is 22.2. The van der Waals surface area contributed by atoms with Gasteiger partial charge < -0.3 is 20.1 Å². The number of morpholine rings is 1. The summed E-state index contributed by atoms with van der Waals surface area (Å²) >= 11 is 0. The Hall–Kier alpha value is -1.91. The number of nitrogens with one attached hydrogen (secondary N) is 2. The predicted octanol–water partition coefficient (Wildman–Crippen LogP) is 3.55. The molecular formula is C25H34FIN4O2. The van der Waals surface area contributed by atoms with Gasteiger partial charge in [0.2, 0.25) is 0 Å². The Morgan fingerprint density at radius 1 is 1.09 bits per heavy atom. The molecule has 1 fully saturated rings. The third-order valence-corrected chi connectivity index (χ3v) is 5.97. The summed E-state index contributed by atoms with van der Waals surface area (Å²) in [6, 6.07) is 13.3. The van der Waals surface area contributed by atoms with Crippen LogP contribution in [0.15, 0.2) is 47.5 Å². The van der Waals surface area contributed by atoms with Gasteiger partial charge in [-0.3, -0.25) is 9.89 Å². The van der Waals surface area contributed by atoms with E-state index in [0.29, 0.717) is 19.8 Å². The highest BCUT2D eigenvalue weighted by atomic mass is 127. The number of hydrogen-bond acceptors (Lipinski definition) is 4. The molecule has 1 atom stereocenters. The van der Waals surface area contributed by atoms with Crippen molar-refractivity contribution in [3.05, 3.63) is 65.0 Å². The summed E-state index contributed by atoms with van der Waals surface area (Å²) in [5.74, 6) is 1.61. The van der Waals surface area contributed by atoms with Crippen LogP contribution < -0.4 is 15.4 Å². The summed E-state index contributed by atoms with van der Waals surface area (Å²) in [5, 5.41) is 6.81. The highest BCUT2D eigenvalue weighted by Gasteiger charge is 2.22. The average Bonchev–Trinajstić information content (AvgIpc) is 3.29. The minimum atomic E-state index is -0.217. The topological polar surface area (TPSA) is 58.1 Å². The van der Waals surface area contributed by atoms with Gasteiger partial charge in [-0.2, -0.15) is 0 Å². The molecule has 33 heavy (non-hydrogen) atoms. The molecular weight excluding hydrogens is 534 g/mol. The van der Waals surface area contributed by atoms with Gasteiger partial charge in [0.1, 0.15) is 11.6 Å². The summed E-state index contributed by atoms with van der Waals surface area (Å²) in [5.41, 5.74) is 3.68. The molecule has 2 aromatic rings. The minimum Gasteiger partial charge on any atom is -0.493 e. The van der Waals surface area contributed by atoms with E-state index in [1.54, 1.807) is 0 Å². The molecule has 2 aromatic carbocycles. The average molecular weight is 568 g/mol. The fraction of sp³-hybridized carbons (Fsp3) is 0.480. The molecule has 0 amide bonds. The third-order valence-electron chi connectivity index (χ3n) is 5.97. The van der Waals surface area contributed by atoms with Crippen molar-refractivity contribution in [2.45, 2.75) is 25.8 Å². The number of fused-ring (bicyclic) bond motifs is 1. The lowest BCUT2D eigenvalue weighted by molar-refractivity contribution is 0.0179. The van der Waals surface area contributed by atoms with Gasteiger partial charge in [0, 0.05) is 32.6 Å². The Balaban J connectivity index is 0.00000306. The van der Waals surface area contributed by atoms with Crippen molar-refractivity contribution in [3.63, 3.8) is 0 Å². The maximum Gasteiger partial charge on any atom is 0.191 e. The Kier molecular flexibility index (Phi) is 10.2. The van der Waals surface area contributed by atoms with Crippen molar-refractivity contribution in [1.29, 1.82) is 0 Å². The zero-order valence-corrected chi connectivity index (χ0v) is 21.5. The minimum absolute atomic E-state index is 0. The van der Waals surface area contributed by atoms with Gasteiger partial charge in [-0.15, -0.1) is 24.0 Å². The molecule has 0 spiro atoms. The normalized spacial score (nSPS) is 17.0. The molecule has 4 rings (SSSR count). The quantitative estimate of drug-likeness (QED) is 0.290. The zero-order valence-electron chi connectivity index (χ0n) is 19.2. The van der Waals surface area contributed by atoms with E-state index in [1.165, 1.54) is 23.3 Å². The summed E-state index contributed by atoms with van der Waals surface area (Å²) in [4.78, 5) is 7.25. The lowest BCUT2D eigenvalue weighted by atomic mass is 10.0. The van der Waals surface area contributed by atoms with Crippen LogP contribution in [0.2, 0.25) is 0 Å². The van der Waals surface area contributed by atoms with E-state index in [2.05, 4.69) is 40.7 Å². The number of ether oxygens (including phenoxy) is 2.